The van der Waals surface area contributed by atoms with Gasteiger partial charge in [-0.05, 0) is 55.0 Å². The van der Waals surface area contributed by atoms with E-state index < -0.39 is 10.0 Å². The van der Waals surface area contributed by atoms with E-state index in [1.165, 1.54) is 16.7 Å². The lowest BCUT2D eigenvalue weighted by Crippen LogP contribution is -2.47. The summed E-state index contributed by atoms with van der Waals surface area (Å²) in [4.78, 5) is 26.7. The summed E-state index contributed by atoms with van der Waals surface area (Å²) in [6.07, 6.45) is 0.790. The van der Waals surface area contributed by atoms with E-state index in [0.717, 1.165) is 11.3 Å². The van der Waals surface area contributed by atoms with Crippen molar-refractivity contribution in [1.29, 1.82) is 0 Å². The lowest BCUT2D eigenvalue weighted by atomic mass is 10.2. The molecule has 0 bridgehead atoms. The molecular formula is C23H21Cl3N2O4S2. The van der Waals surface area contributed by atoms with Crippen LogP contribution in [0.25, 0.3) is 6.08 Å². The van der Waals surface area contributed by atoms with Crippen LogP contribution in [0, 0.1) is 0 Å². The van der Waals surface area contributed by atoms with Crippen molar-refractivity contribution in [2.24, 2.45) is 0 Å². The van der Waals surface area contributed by atoms with Gasteiger partial charge in [0, 0.05) is 6.42 Å². The van der Waals surface area contributed by atoms with Crippen molar-refractivity contribution in [2.75, 3.05) is 11.5 Å². The number of carbonyl (C=O) groups is 2. The van der Waals surface area contributed by atoms with Crippen molar-refractivity contribution >= 4 is 86.7 Å². The average molecular weight is 560 g/mol. The van der Waals surface area contributed by atoms with Crippen LogP contribution in [-0.4, -0.2) is 32.8 Å². The minimum atomic E-state index is -1.86. The molecule has 1 aliphatic rings. The van der Waals surface area contributed by atoms with E-state index in [1.54, 1.807) is 61.5 Å². The first-order chi connectivity index (χ1) is 16.1. The number of nitrogens with one attached hydrogen (secondary N) is 1. The molecule has 1 atom stereocenters. The molecule has 0 unspecified atom stereocenters. The molecule has 6 nitrogen and oxygen atoms in total. The molecule has 11 heteroatoms. The zero-order valence-electron chi connectivity index (χ0n) is 18.2. The molecule has 1 N–H and O–H groups in total. The van der Waals surface area contributed by atoms with E-state index in [2.05, 4.69) is 5.32 Å². The number of halogens is 3. The van der Waals surface area contributed by atoms with Crippen molar-refractivity contribution in [3.63, 3.8) is 0 Å². The Morgan fingerprint density at radius 2 is 1.74 bits per heavy atom. The van der Waals surface area contributed by atoms with Gasteiger partial charge < -0.3 is 14.8 Å². The predicted octanol–water partition coefficient (Wildman–Crippen LogP) is 6.09. The number of alkyl halides is 3. The fraction of sp³-hybridized carbons (Fsp3) is 0.261. The summed E-state index contributed by atoms with van der Waals surface area (Å²) in [7, 11) is 0. The molecule has 34 heavy (non-hydrogen) atoms. The van der Waals surface area contributed by atoms with E-state index in [-0.39, 0.29) is 18.2 Å². The van der Waals surface area contributed by atoms with Crippen molar-refractivity contribution in [3.05, 3.63) is 59.0 Å². The molecule has 2 amide bonds. The van der Waals surface area contributed by atoms with Gasteiger partial charge in [0.15, 0.2) is 4.32 Å². The zero-order chi connectivity index (χ0) is 24.9. The highest BCUT2D eigenvalue weighted by molar-refractivity contribution is 8.27. The molecule has 0 radical (unpaired) electrons. The van der Waals surface area contributed by atoms with Crippen LogP contribution < -0.4 is 19.7 Å². The summed E-state index contributed by atoms with van der Waals surface area (Å²) >= 11 is 24.4. The highest BCUT2D eigenvalue weighted by Gasteiger charge is 2.36. The molecule has 1 aliphatic heterocycles. The van der Waals surface area contributed by atoms with E-state index in [1.807, 2.05) is 6.92 Å². The van der Waals surface area contributed by atoms with Crippen molar-refractivity contribution in [1.82, 2.24) is 5.32 Å². The Hall–Kier alpha value is -1.97. The van der Waals surface area contributed by atoms with Crippen LogP contribution in [0.3, 0.4) is 0 Å². The maximum absolute atomic E-state index is 13.0. The van der Waals surface area contributed by atoms with Gasteiger partial charge in [0.05, 0.1) is 17.2 Å². The lowest BCUT2D eigenvalue weighted by molar-refractivity contribution is -0.123. The zero-order valence-corrected chi connectivity index (χ0v) is 22.1. The minimum absolute atomic E-state index is 0.210. The van der Waals surface area contributed by atoms with E-state index in [4.69, 9.17) is 56.5 Å². The quantitative estimate of drug-likeness (QED) is 0.183. The fourth-order valence-electron chi connectivity index (χ4n) is 2.90. The summed E-state index contributed by atoms with van der Waals surface area (Å²) < 4.78 is 9.68. The summed E-state index contributed by atoms with van der Waals surface area (Å²) in [5, 5.41) is 2.53. The molecule has 3 rings (SSSR count). The predicted molar refractivity (Wildman–Crippen MR) is 143 cm³/mol. The van der Waals surface area contributed by atoms with E-state index >= 15 is 0 Å². The van der Waals surface area contributed by atoms with Gasteiger partial charge in [-0.3, -0.25) is 14.5 Å². The number of hydrogen-bond donors (Lipinski definition) is 1. The number of nitrogens with zero attached hydrogens (tertiary/aromatic N) is 1. The van der Waals surface area contributed by atoms with Crippen LogP contribution in [0.4, 0.5) is 5.69 Å². The van der Waals surface area contributed by atoms with E-state index in [0.29, 0.717) is 27.3 Å². The van der Waals surface area contributed by atoms with Crippen molar-refractivity contribution in [2.45, 2.75) is 30.3 Å². The normalized spacial score (nSPS) is 16.0. The molecule has 0 saturated carbocycles. The Balaban J connectivity index is 1.73. The third-order valence-electron chi connectivity index (χ3n) is 4.54. The molecule has 0 spiro atoms. The maximum Gasteiger partial charge on any atom is 0.270 e. The number of thiocarbonyl (C=S) groups is 1. The Bertz CT molecular complexity index is 1090. The van der Waals surface area contributed by atoms with Gasteiger partial charge in [-0.2, -0.15) is 0 Å². The Morgan fingerprint density at radius 1 is 1.12 bits per heavy atom. The van der Waals surface area contributed by atoms with E-state index in [9.17, 15) is 9.59 Å². The molecule has 180 valence electrons. The number of hydrogen-bond acceptors (Lipinski definition) is 6. The summed E-state index contributed by atoms with van der Waals surface area (Å²) in [5.74, 6) is 0.577. The first-order valence-electron chi connectivity index (χ1n) is 10.3. The number of anilines is 1. The highest BCUT2D eigenvalue weighted by Crippen LogP contribution is 2.37. The number of carbonyl (C=O) groups excluding carboxylic acids is 2. The second-order valence-electron chi connectivity index (χ2n) is 6.97. The molecular weight excluding hydrogens is 539 g/mol. The Labute approximate surface area is 222 Å². The smallest absolute Gasteiger partial charge is 0.270 e. The third-order valence-corrected chi connectivity index (χ3v) is 6.44. The van der Waals surface area contributed by atoms with Crippen molar-refractivity contribution < 1.29 is 19.1 Å². The standard InChI is InChI=1S/C23H21Cl3N2O4S2/c1-3-19(29)27-21(23(24,25)26)32-17-9-5-14(6-10-17)13-18-20(30)28(22(33)34-18)15-7-11-16(12-8-15)31-4-2/h5-13,21H,3-4H2,1-2H3,(H,27,29)/b18-13+/t21-/m1/s1. The second kappa shape index (κ2) is 11.6. The summed E-state index contributed by atoms with van der Waals surface area (Å²) in [5.41, 5.74) is 1.42. The first kappa shape index (κ1) is 26.6. The number of amides is 2. The maximum atomic E-state index is 13.0. The lowest BCUT2D eigenvalue weighted by Gasteiger charge is -2.26. The van der Waals surface area contributed by atoms with Gasteiger partial charge in [0.1, 0.15) is 11.5 Å². The Kier molecular flexibility index (Phi) is 9.12. The molecule has 2 aromatic carbocycles. The number of ether oxygens (including phenoxy) is 2. The third kappa shape index (κ3) is 6.79. The number of benzene rings is 2. The number of thioether (sulfide) groups is 1. The highest BCUT2D eigenvalue weighted by atomic mass is 35.6. The van der Waals surface area contributed by atoms with Gasteiger partial charge in [-0.25, -0.2) is 0 Å². The summed E-state index contributed by atoms with van der Waals surface area (Å²) in [6.45, 7) is 4.15. The van der Waals surface area contributed by atoms with Gasteiger partial charge in [-0.15, -0.1) is 0 Å². The molecule has 0 aliphatic carbocycles. The first-order valence-corrected chi connectivity index (χ1v) is 12.6. The Morgan fingerprint density at radius 3 is 2.29 bits per heavy atom. The minimum Gasteiger partial charge on any atom is -0.494 e. The topological polar surface area (TPSA) is 67.9 Å². The van der Waals surface area contributed by atoms with Crippen LogP contribution >= 0.6 is 58.8 Å². The monoisotopic (exact) mass is 558 g/mol. The van der Waals surface area contributed by atoms with Crippen LogP contribution in [0.5, 0.6) is 11.5 Å². The van der Waals surface area contributed by atoms with Crippen LogP contribution in [0.15, 0.2) is 53.4 Å². The van der Waals surface area contributed by atoms with Crippen LogP contribution in [0.2, 0.25) is 0 Å². The van der Waals surface area contributed by atoms with Crippen LogP contribution in [-0.2, 0) is 9.59 Å². The molecule has 2 aromatic rings. The summed E-state index contributed by atoms with van der Waals surface area (Å²) in [6, 6.07) is 14.0. The fourth-order valence-corrected chi connectivity index (χ4v) is 4.50. The number of rotatable bonds is 8. The molecule has 1 fully saturated rings. The van der Waals surface area contributed by atoms with Gasteiger partial charge >= 0.3 is 0 Å². The SMILES string of the molecule is CCOc1ccc(N2C(=O)/C(=C\c3ccc(O[C@@H](NC(=O)CC)C(Cl)(Cl)Cl)cc3)SC2=S)cc1. The van der Waals surface area contributed by atoms with Gasteiger partial charge in [0.25, 0.3) is 5.91 Å². The van der Waals surface area contributed by atoms with Crippen molar-refractivity contribution in [3.8, 4) is 11.5 Å². The van der Waals surface area contributed by atoms with Crippen LogP contribution in [0.1, 0.15) is 25.8 Å². The average Bonchev–Trinajstić information content (AvgIpc) is 3.07. The molecule has 0 aromatic heterocycles. The second-order valence-corrected chi connectivity index (χ2v) is 11.0. The van der Waals surface area contributed by atoms with Gasteiger partial charge in [0.2, 0.25) is 15.9 Å². The largest absolute Gasteiger partial charge is 0.494 e. The molecule has 1 heterocycles. The molecule has 1 saturated heterocycles. The van der Waals surface area contributed by atoms with Gasteiger partial charge in [-0.1, -0.05) is 77.8 Å².